The number of urea groups is 1. The average Bonchev–Trinajstić information content (AvgIpc) is 3.42. The van der Waals surface area contributed by atoms with Gasteiger partial charge in [-0.05, 0) is 62.2 Å². The Balaban J connectivity index is 1.60. The summed E-state index contributed by atoms with van der Waals surface area (Å²) in [5, 5.41) is 2.63. The lowest BCUT2D eigenvalue weighted by molar-refractivity contribution is -0.123. The Bertz CT molecular complexity index is 1260. The first-order valence-electron chi connectivity index (χ1n) is 10.1. The molecule has 0 saturated carbocycles. The molecule has 0 bridgehead atoms. The third-order valence-electron chi connectivity index (χ3n) is 5.45. The Kier molecular flexibility index (Phi) is 5.44. The molecule has 164 valence electrons. The maximum Gasteiger partial charge on any atom is 0.373 e. The molecule has 0 atom stereocenters. The van der Waals surface area contributed by atoms with Gasteiger partial charge in [-0.1, -0.05) is 18.2 Å². The third kappa shape index (κ3) is 3.71. The predicted octanol–water partition coefficient (Wildman–Crippen LogP) is 3.88. The van der Waals surface area contributed by atoms with E-state index in [1.54, 1.807) is 6.08 Å². The Morgan fingerprint density at radius 2 is 1.88 bits per heavy atom. The molecule has 8 nitrogen and oxygen atoms in total. The summed E-state index contributed by atoms with van der Waals surface area (Å²) in [6.07, 6.45) is 1.68. The molecule has 4 rings (SSSR count). The lowest BCUT2D eigenvalue weighted by Gasteiger charge is -2.12. The lowest BCUT2D eigenvalue weighted by Crippen LogP contribution is -2.30. The van der Waals surface area contributed by atoms with Gasteiger partial charge in [0.15, 0.2) is 0 Å². The van der Waals surface area contributed by atoms with Crippen molar-refractivity contribution in [1.82, 2.24) is 14.8 Å². The largest absolute Gasteiger partial charge is 0.463 e. The van der Waals surface area contributed by atoms with Gasteiger partial charge in [0, 0.05) is 17.1 Å². The van der Waals surface area contributed by atoms with Gasteiger partial charge in [-0.25, -0.2) is 9.59 Å². The topological polar surface area (TPSA) is 93.8 Å². The van der Waals surface area contributed by atoms with Crippen molar-refractivity contribution in [3.8, 4) is 5.69 Å². The van der Waals surface area contributed by atoms with Crippen molar-refractivity contribution in [2.45, 2.75) is 27.3 Å². The second-order valence-corrected chi connectivity index (χ2v) is 7.59. The highest BCUT2D eigenvalue weighted by Crippen LogP contribution is 2.26. The second kappa shape index (κ2) is 8.22. The third-order valence-corrected chi connectivity index (χ3v) is 5.45. The van der Waals surface area contributed by atoms with Gasteiger partial charge in [-0.3, -0.25) is 9.69 Å². The number of hydrogen-bond donors (Lipinski definition) is 1. The fraction of sp³-hybridized carbons (Fsp3) is 0.208. The Labute approximate surface area is 185 Å². The van der Waals surface area contributed by atoms with E-state index in [2.05, 4.69) is 14.6 Å². The first-order valence-corrected chi connectivity index (χ1v) is 10.1. The van der Waals surface area contributed by atoms with Crippen LogP contribution in [0.4, 0.5) is 4.79 Å². The molecule has 0 spiro atoms. The van der Waals surface area contributed by atoms with E-state index in [1.165, 1.54) is 19.2 Å². The highest BCUT2D eigenvalue weighted by atomic mass is 16.5. The molecule has 3 aromatic rings. The summed E-state index contributed by atoms with van der Waals surface area (Å²) < 4.78 is 12.1. The fourth-order valence-electron chi connectivity index (χ4n) is 3.82. The lowest BCUT2D eigenvalue weighted by atomic mass is 10.2. The number of aryl methyl sites for hydroxylation is 2. The van der Waals surface area contributed by atoms with Gasteiger partial charge in [0.2, 0.25) is 5.76 Å². The molecular weight excluding hydrogens is 410 g/mol. The van der Waals surface area contributed by atoms with Crippen molar-refractivity contribution in [3.05, 3.63) is 82.2 Å². The molecule has 0 radical (unpaired) electrons. The van der Waals surface area contributed by atoms with E-state index in [9.17, 15) is 14.4 Å². The number of imide groups is 1. The highest BCUT2D eigenvalue weighted by molar-refractivity contribution is 6.13. The van der Waals surface area contributed by atoms with Crippen molar-refractivity contribution in [2.24, 2.45) is 0 Å². The summed E-state index contributed by atoms with van der Waals surface area (Å²) in [5.74, 6) is -0.786. The Hall–Kier alpha value is -4.07. The average molecular weight is 433 g/mol. The highest BCUT2D eigenvalue weighted by Gasteiger charge is 2.34. The van der Waals surface area contributed by atoms with Crippen LogP contribution in [0.2, 0.25) is 0 Å². The first kappa shape index (κ1) is 21.2. The van der Waals surface area contributed by atoms with Crippen LogP contribution >= 0.6 is 0 Å². The standard InChI is InChI=1S/C24H23N3O5/c1-14-7-5-6-8-20(14)27-15(2)11-17(16(27)3)12-19-22(28)26(24(30)25-19)13-18-9-10-21(32-18)23(29)31-4/h5-12H,13H2,1-4H3,(H,25,30). The SMILES string of the molecule is COC(=O)c1ccc(CN2C(=O)NC(=Cc3cc(C)n(-c4ccccc4C)c3C)C2=O)o1. The second-order valence-electron chi connectivity index (χ2n) is 7.59. The Morgan fingerprint density at radius 3 is 2.59 bits per heavy atom. The monoisotopic (exact) mass is 433 g/mol. The first-order chi connectivity index (χ1) is 15.3. The number of methoxy groups -OCH3 is 1. The van der Waals surface area contributed by atoms with E-state index < -0.39 is 17.9 Å². The zero-order valence-electron chi connectivity index (χ0n) is 18.3. The molecule has 1 aromatic carbocycles. The molecule has 1 N–H and O–H groups in total. The van der Waals surface area contributed by atoms with Crippen LogP contribution in [0.25, 0.3) is 11.8 Å². The van der Waals surface area contributed by atoms with Gasteiger partial charge in [0.05, 0.1) is 13.7 Å². The predicted molar refractivity (Wildman–Crippen MR) is 117 cm³/mol. The molecule has 0 unspecified atom stereocenters. The van der Waals surface area contributed by atoms with E-state index in [4.69, 9.17) is 4.42 Å². The van der Waals surface area contributed by atoms with Crippen molar-refractivity contribution < 1.29 is 23.5 Å². The molecule has 8 heteroatoms. The number of para-hydroxylation sites is 1. The zero-order valence-corrected chi connectivity index (χ0v) is 18.3. The maximum atomic E-state index is 12.9. The quantitative estimate of drug-likeness (QED) is 0.374. The summed E-state index contributed by atoms with van der Waals surface area (Å²) in [6.45, 7) is 5.92. The van der Waals surface area contributed by atoms with Gasteiger partial charge < -0.3 is 19.0 Å². The van der Waals surface area contributed by atoms with Crippen LogP contribution in [0, 0.1) is 20.8 Å². The Morgan fingerprint density at radius 1 is 1.12 bits per heavy atom. The number of amides is 3. The van der Waals surface area contributed by atoms with Crippen molar-refractivity contribution in [1.29, 1.82) is 0 Å². The van der Waals surface area contributed by atoms with E-state index in [0.29, 0.717) is 5.76 Å². The normalized spacial score (nSPS) is 14.9. The molecule has 3 heterocycles. The molecular formula is C24H23N3O5. The van der Waals surface area contributed by atoms with Crippen LogP contribution in [0.5, 0.6) is 0 Å². The number of furan rings is 1. The fourth-order valence-corrected chi connectivity index (χ4v) is 3.82. The molecule has 1 aliphatic rings. The van der Waals surface area contributed by atoms with Crippen LogP contribution in [0.15, 0.2) is 52.6 Å². The molecule has 3 amide bonds. The molecule has 1 fully saturated rings. The van der Waals surface area contributed by atoms with E-state index >= 15 is 0 Å². The molecule has 1 aliphatic heterocycles. The van der Waals surface area contributed by atoms with E-state index in [0.717, 1.165) is 33.1 Å². The minimum absolute atomic E-state index is 0.00830. The van der Waals surface area contributed by atoms with E-state index in [1.807, 2.05) is 51.1 Å². The van der Waals surface area contributed by atoms with Gasteiger partial charge in [-0.2, -0.15) is 0 Å². The van der Waals surface area contributed by atoms with Crippen molar-refractivity contribution >= 4 is 24.0 Å². The number of nitrogens with one attached hydrogen (secondary N) is 1. The summed E-state index contributed by atoms with van der Waals surface area (Å²) in [5.41, 5.74) is 5.19. The van der Waals surface area contributed by atoms with Gasteiger partial charge in [0.1, 0.15) is 11.5 Å². The molecule has 0 aliphatic carbocycles. The van der Waals surface area contributed by atoms with Crippen LogP contribution in [0.3, 0.4) is 0 Å². The van der Waals surface area contributed by atoms with E-state index in [-0.39, 0.29) is 18.0 Å². The zero-order chi connectivity index (χ0) is 23.0. The number of carbonyl (C=O) groups is 3. The van der Waals surface area contributed by atoms with Crippen LogP contribution in [-0.4, -0.2) is 34.5 Å². The number of rotatable bonds is 5. The maximum absolute atomic E-state index is 12.9. The van der Waals surface area contributed by atoms with Crippen molar-refractivity contribution in [3.63, 3.8) is 0 Å². The number of hydrogen-bond acceptors (Lipinski definition) is 5. The van der Waals surface area contributed by atoms with Crippen LogP contribution in [0.1, 0.15) is 38.8 Å². The minimum Gasteiger partial charge on any atom is -0.463 e. The summed E-state index contributed by atoms with van der Waals surface area (Å²) in [4.78, 5) is 37.9. The minimum atomic E-state index is -0.627. The number of benzene rings is 1. The number of ether oxygens (including phenoxy) is 1. The molecule has 2 aromatic heterocycles. The van der Waals surface area contributed by atoms with Crippen LogP contribution in [-0.2, 0) is 16.1 Å². The van der Waals surface area contributed by atoms with Crippen molar-refractivity contribution in [2.75, 3.05) is 7.11 Å². The number of esters is 1. The summed E-state index contributed by atoms with van der Waals surface area (Å²) in [6, 6.07) is 12.5. The smallest absolute Gasteiger partial charge is 0.373 e. The summed E-state index contributed by atoms with van der Waals surface area (Å²) >= 11 is 0. The summed E-state index contributed by atoms with van der Waals surface area (Å²) in [7, 11) is 1.25. The molecule has 1 saturated heterocycles. The van der Waals surface area contributed by atoms with Gasteiger partial charge in [0.25, 0.3) is 5.91 Å². The number of nitrogens with zero attached hydrogens (tertiary/aromatic N) is 2. The van der Waals surface area contributed by atoms with Crippen LogP contribution < -0.4 is 5.32 Å². The number of carbonyl (C=O) groups excluding carboxylic acids is 3. The number of aromatic nitrogens is 1. The van der Waals surface area contributed by atoms with Gasteiger partial charge in [-0.15, -0.1) is 0 Å². The van der Waals surface area contributed by atoms with Gasteiger partial charge >= 0.3 is 12.0 Å². The molecule has 32 heavy (non-hydrogen) atoms.